The molecule has 2 rings (SSSR count). The van der Waals surface area contributed by atoms with Crippen LogP contribution in [0, 0.1) is 17.3 Å². The molecule has 0 aromatic carbocycles. The van der Waals surface area contributed by atoms with Crippen LogP contribution >= 0.6 is 0 Å². The Morgan fingerprint density at radius 1 is 1.56 bits per heavy atom. The number of hydrogen-bond acceptors (Lipinski definition) is 1. The average molecular weight is 125 g/mol. The van der Waals surface area contributed by atoms with Gasteiger partial charge in [0.05, 0.1) is 0 Å². The van der Waals surface area contributed by atoms with E-state index in [2.05, 4.69) is 6.92 Å². The first-order valence-corrected chi connectivity index (χ1v) is 3.97. The van der Waals surface area contributed by atoms with E-state index in [-0.39, 0.29) is 0 Å². The van der Waals surface area contributed by atoms with Gasteiger partial charge in [-0.15, -0.1) is 0 Å². The lowest BCUT2D eigenvalue weighted by molar-refractivity contribution is 0.439. The molecule has 2 N–H and O–H groups in total. The third-order valence-corrected chi connectivity index (χ3v) is 3.25. The Morgan fingerprint density at radius 3 is 2.56 bits per heavy atom. The second-order valence-corrected chi connectivity index (χ2v) is 3.92. The summed E-state index contributed by atoms with van der Waals surface area (Å²) in [6, 6.07) is 0. The van der Waals surface area contributed by atoms with E-state index in [4.69, 9.17) is 5.73 Å². The average Bonchev–Trinajstić information content (AvgIpc) is 2.54. The predicted octanol–water partition coefficient (Wildman–Crippen LogP) is 1.38. The van der Waals surface area contributed by atoms with E-state index >= 15 is 0 Å². The Kier molecular flexibility index (Phi) is 0.963. The highest BCUT2D eigenvalue weighted by molar-refractivity contribution is 5.07. The minimum atomic E-state index is 0.703. The summed E-state index contributed by atoms with van der Waals surface area (Å²) in [7, 11) is 0. The summed E-state index contributed by atoms with van der Waals surface area (Å²) in [5.74, 6) is 1.94. The third-order valence-electron chi connectivity index (χ3n) is 3.25. The summed E-state index contributed by atoms with van der Waals surface area (Å²) in [4.78, 5) is 0. The molecule has 0 heterocycles. The molecule has 2 aliphatic carbocycles. The molecule has 52 valence electrons. The van der Waals surface area contributed by atoms with E-state index in [0.29, 0.717) is 5.41 Å². The van der Waals surface area contributed by atoms with Crippen molar-refractivity contribution in [3.63, 3.8) is 0 Å². The zero-order chi connectivity index (χ0) is 6.48. The summed E-state index contributed by atoms with van der Waals surface area (Å²) in [5, 5.41) is 0. The van der Waals surface area contributed by atoms with Crippen LogP contribution in [-0.4, -0.2) is 6.54 Å². The molecule has 1 nitrogen and oxygen atoms in total. The first kappa shape index (κ1) is 5.72. The lowest BCUT2D eigenvalue weighted by atomic mass is 10.0. The zero-order valence-electron chi connectivity index (χ0n) is 6.06. The highest BCUT2D eigenvalue weighted by Crippen LogP contribution is 2.64. The van der Waals surface area contributed by atoms with Crippen LogP contribution in [0.5, 0.6) is 0 Å². The molecule has 0 aliphatic heterocycles. The van der Waals surface area contributed by atoms with Crippen LogP contribution in [0.25, 0.3) is 0 Å². The molecule has 2 atom stereocenters. The third kappa shape index (κ3) is 0.710. The minimum Gasteiger partial charge on any atom is -0.330 e. The van der Waals surface area contributed by atoms with Crippen LogP contribution in [0.1, 0.15) is 26.2 Å². The topological polar surface area (TPSA) is 26.0 Å². The van der Waals surface area contributed by atoms with E-state index in [1.54, 1.807) is 0 Å². The zero-order valence-corrected chi connectivity index (χ0v) is 6.06. The lowest BCUT2D eigenvalue weighted by Gasteiger charge is -2.06. The first-order valence-electron chi connectivity index (χ1n) is 3.97. The Hall–Kier alpha value is -0.0400. The van der Waals surface area contributed by atoms with E-state index in [1.165, 1.54) is 19.3 Å². The van der Waals surface area contributed by atoms with Crippen molar-refractivity contribution in [2.24, 2.45) is 23.0 Å². The van der Waals surface area contributed by atoms with Gasteiger partial charge in [-0.05, 0) is 43.1 Å². The summed E-state index contributed by atoms with van der Waals surface area (Å²) >= 11 is 0. The van der Waals surface area contributed by atoms with E-state index in [1.807, 2.05) is 0 Å². The maximum Gasteiger partial charge on any atom is -0.00433 e. The highest BCUT2D eigenvalue weighted by atomic mass is 14.7. The van der Waals surface area contributed by atoms with Crippen molar-refractivity contribution in [3.8, 4) is 0 Å². The fraction of sp³-hybridized carbons (Fsp3) is 1.00. The Balaban J connectivity index is 1.95. The Morgan fingerprint density at radius 2 is 2.22 bits per heavy atom. The fourth-order valence-electron chi connectivity index (χ4n) is 2.07. The molecule has 0 aromatic rings. The fourth-order valence-corrected chi connectivity index (χ4v) is 2.07. The van der Waals surface area contributed by atoms with Gasteiger partial charge in [-0.2, -0.15) is 0 Å². The summed E-state index contributed by atoms with van der Waals surface area (Å²) in [5.41, 5.74) is 6.28. The molecule has 0 aromatic heterocycles. The smallest absolute Gasteiger partial charge is 0.00433 e. The van der Waals surface area contributed by atoms with Gasteiger partial charge in [0.15, 0.2) is 0 Å². The van der Waals surface area contributed by atoms with Crippen molar-refractivity contribution >= 4 is 0 Å². The summed E-state index contributed by atoms with van der Waals surface area (Å²) < 4.78 is 0. The molecule has 2 fully saturated rings. The normalized spacial score (nSPS) is 49.3. The van der Waals surface area contributed by atoms with Crippen molar-refractivity contribution in [1.29, 1.82) is 0 Å². The van der Waals surface area contributed by atoms with Crippen molar-refractivity contribution in [2.75, 3.05) is 6.54 Å². The minimum absolute atomic E-state index is 0.703. The van der Waals surface area contributed by atoms with Gasteiger partial charge in [0.25, 0.3) is 0 Å². The van der Waals surface area contributed by atoms with Crippen LogP contribution in [-0.2, 0) is 0 Å². The number of hydrogen-bond donors (Lipinski definition) is 1. The maximum absolute atomic E-state index is 5.57. The largest absolute Gasteiger partial charge is 0.330 e. The standard InChI is InChI=1S/C8H15N/c1-8(6-2-3-6)4-7(8)5-9/h6-7H,2-5,9H2,1H3. The lowest BCUT2D eigenvalue weighted by Crippen LogP contribution is -2.09. The van der Waals surface area contributed by atoms with Gasteiger partial charge in [-0.1, -0.05) is 6.92 Å². The molecule has 0 amide bonds. The quantitative estimate of drug-likeness (QED) is 0.593. The van der Waals surface area contributed by atoms with Crippen LogP contribution in [0.4, 0.5) is 0 Å². The second kappa shape index (κ2) is 1.51. The van der Waals surface area contributed by atoms with Gasteiger partial charge in [0, 0.05) is 0 Å². The molecular weight excluding hydrogens is 110 g/mol. The summed E-state index contributed by atoms with van der Waals surface area (Å²) in [6.07, 6.45) is 4.37. The van der Waals surface area contributed by atoms with E-state index in [9.17, 15) is 0 Å². The number of rotatable bonds is 2. The highest BCUT2D eigenvalue weighted by Gasteiger charge is 2.57. The predicted molar refractivity (Wildman–Crippen MR) is 38.0 cm³/mol. The van der Waals surface area contributed by atoms with Crippen LogP contribution < -0.4 is 5.73 Å². The van der Waals surface area contributed by atoms with Crippen LogP contribution in [0.2, 0.25) is 0 Å². The summed E-state index contributed by atoms with van der Waals surface area (Å²) in [6.45, 7) is 3.33. The van der Waals surface area contributed by atoms with Gasteiger partial charge in [0.2, 0.25) is 0 Å². The van der Waals surface area contributed by atoms with Crippen molar-refractivity contribution in [1.82, 2.24) is 0 Å². The molecule has 0 radical (unpaired) electrons. The Bertz CT molecular complexity index is 129. The molecule has 2 unspecified atom stereocenters. The monoisotopic (exact) mass is 125 g/mol. The van der Waals surface area contributed by atoms with Crippen molar-refractivity contribution in [3.05, 3.63) is 0 Å². The first-order chi connectivity index (χ1) is 4.27. The molecule has 0 saturated heterocycles. The van der Waals surface area contributed by atoms with Gasteiger partial charge < -0.3 is 5.73 Å². The second-order valence-electron chi connectivity index (χ2n) is 3.92. The SMILES string of the molecule is CC1(C2CC2)CC1CN. The molecular formula is C8H15N. The van der Waals surface area contributed by atoms with E-state index < -0.39 is 0 Å². The van der Waals surface area contributed by atoms with Crippen LogP contribution in [0.3, 0.4) is 0 Å². The number of nitrogens with two attached hydrogens (primary N) is 1. The molecule has 9 heavy (non-hydrogen) atoms. The molecule has 2 aliphatic rings. The van der Waals surface area contributed by atoms with Crippen molar-refractivity contribution < 1.29 is 0 Å². The molecule has 0 bridgehead atoms. The molecule has 2 saturated carbocycles. The maximum atomic E-state index is 5.57. The Labute approximate surface area is 56.6 Å². The van der Waals surface area contributed by atoms with Gasteiger partial charge in [-0.3, -0.25) is 0 Å². The molecule has 1 heteroatoms. The van der Waals surface area contributed by atoms with Gasteiger partial charge >= 0.3 is 0 Å². The van der Waals surface area contributed by atoms with Gasteiger partial charge in [-0.25, -0.2) is 0 Å². The van der Waals surface area contributed by atoms with Crippen molar-refractivity contribution in [2.45, 2.75) is 26.2 Å². The van der Waals surface area contributed by atoms with E-state index in [0.717, 1.165) is 18.4 Å². The van der Waals surface area contributed by atoms with Crippen LogP contribution in [0.15, 0.2) is 0 Å². The van der Waals surface area contributed by atoms with Gasteiger partial charge in [0.1, 0.15) is 0 Å². The molecule has 0 spiro atoms.